The fraction of sp³-hybridized carbons (Fsp3) is 0.588. The van der Waals surface area contributed by atoms with Crippen LogP contribution >= 0.6 is 0 Å². The second kappa shape index (κ2) is 7.08. The third-order valence-corrected chi connectivity index (χ3v) is 4.56. The van der Waals surface area contributed by atoms with E-state index in [0.717, 1.165) is 19.4 Å². The minimum absolute atomic E-state index is 0.0610. The molecule has 0 aromatic heterocycles. The number of hydrazine groups is 1. The van der Waals surface area contributed by atoms with Crippen LogP contribution in [0.1, 0.15) is 33.6 Å². The topological polar surface area (TPSA) is 84.8 Å². The summed E-state index contributed by atoms with van der Waals surface area (Å²) in [6, 6.07) is 5.23. The molecule has 1 heterocycles. The fourth-order valence-electron chi connectivity index (χ4n) is 3.24. The molecule has 2 rings (SSSR count). The Morgan fingerprint density at radius 1 is 1.43 bits per heavy atom. The second-order valence-corrected chi connectivity index (χ2v) is 6.51. The summed E-state index contributed by atoms with van der Waals surface area (Å²) in [5.41, 5.74) is 7.21. The number of nitrogens with two attached hydrogens (primary N) is 2. The van der Waals surface area contributed by atoms with Crippen LogP contribution in [0.2, 0.25) is 0 Å². The van der Waals surface area contributed by atoms with Crippen LogP contribution in [0, 0.1) is 5.92 Å². The van der Waals surface area contributed by atoms with Crippen LogP contribution in [-0.2, 0) is 4.79 Å². The Morgan fingerprint density at radius 2 is 2.13 bits per heavy atom. The van der Waals surface area contributed by atoms with Crippen LogP contribution in [0.5, 0.6) is 5.75 Å². The normalized spacial score (nSPS) is 19.0. The van der Waals surface area contributed by atoms with Crippen LogP contribution in [0.15, 0.2) is 18.2 Å². The maximum Gasteiger partial charge on any atom is 0.247 e. The van der Waals surface area contributed by atoms with Crippen molar-refractivity contribution >= 4 is 17.3 Å². The Balaban J connectivity index is 2.32. The van der Waals surface area contributed by atoms with Gasteiger partial charge in [0.2, 0.25) is 5.91 Å². The zero-order chi connectivity index (χ0) is 17.1. The molecule has 128 valence electrons. The number of amides is 1. The zero-order valence-electron chi connectivity index (χ0n) is 14.5. The average Bonchev–Trinajstić information content (AvgIpc) is 2.93. The van der Waals surface area contributed by atoms with Gasteiger partial charge >= 0.3 is 0 Å². The molecule has 1 fully saturated rings. The van der Waals surface area contributed by atoms with Gasteiger partial charge in [0.05, 0.1) is 18.5 Å². The standard InChI is InChI=1S/C17H28N4O2/c1-11(2)16(17(22)20-10-6-7-12(20)3)21(19)13-8-5-9-14(23-4)15(13)18/h5,8-9,11-12,16H,6-7,10,18-19H2,1-4H3. The maximum atomic E-state index is 13.0. The van der Waals surface area contributed by atoms with E-state index in [1.54, 1.807) is 13.2 Å². The lowest BCUT2D eigenvalue weighted by atomic mass is 10.0. The first kappa shape index (κ1) is 17.4. The number of likely N-dealkylation sites (tertiary alicyclic amines) is 1. The van der Waals surface area contributed by atoms with E-state index in [0.29, 0.717) is 17.1 Å². The molecule has 1 saturated heterocycles. The summed E-state index contributed by atoms with van der Waals surface area (Å²) < 4.78 is 5.25. The number of anilines is 2. The first-order valence-electron chi connectivity index (χ1n) is 8.15. The minimum Gasteiger partial charge on any atom is -0.495 e. The quantitative estimate of drug-likeness (QED) is 0.492. The predicted octanol–water partition coefficient (Wildman–Crippen LogP) is 1.99. The monoisotopic (exact) mass is 320 g/mol. The lowest BCUT2D eigenvalue weighted by Crippen LogP contribution is -2.55. The molecule has 4 N–H and O–H groups in total. The fourth-order valence-corrected chi connectivity index (χ4v) is 3.24. The van der Waals surface area contributed by atoms with Crippen molar-refractivity contribution in [1.29, 1.82) is 0 Å². The highest BCUT2D eigenvalue weighted by Crippen LogP contribution is 2.33. The molecule has 0 saturated carbocycles. The van der Waals surface area contributed by atoms with Gasteiger partial charge in [-0.3, -0.25) is 9.80 Å². The minimum atomic E-state index is -0.454. The van der Waals surface area contributed by atoms with Crippen LogP contribution in [0.3, 0.4) is 0 Å². The number of carbonyl (C=O) groups is 1. The van der Waals surface area contributed by atoms with Gasteiger partial charge in [-0.25, -0.2) is 5.84 Å². The first-order chi connectivity index (χ1) is 10.9. The molecule has 2 atom stereocenters. The number of ether oxygens (including phenoxy) is 1. The molecular formula is C17H28N4O2. The van der Waals surface area contributed by atoms with E-state index >= 15 is 0 Å². The number of hydrogen-bond acceptors (Lipinski definition) is 5. The molecule has 1 amide bonds. The van der Waals surface area contributed by atoms with E-state index < -0.39 is 6.04 Å². The zero-order valence-corrected chi connectivity index (χ0v) is 14.5. The highest BCUT2D eigenvalue weighted by molar-refractivity contribution is 5.88. The van der Waals surface area contributed by atoms with Crippen molar-refractivity contribution in [3.63, 3.8) is 0 Å². The van der Waals surface area contributed by atoms with E-state index in [-0.39, 0.29) is 17.9 Å². The summed E-state index contributed by atoms with van der Waals surface area (Å²) in [6.45, 7) is 6.88. The van der Waals surface area contributed by atoms with Gasteiger partial charge < -0.3 is 15.4 Å². The molecule has 1 aromatic carbocycles. The Kier molecular flexibility index (Phi) is 5.36. The van der Waals surface area contributed by atoms with Crippen LogP contribution < -0.4 is 21.3 Å². The molecule has 1 aliphatic heterocycles. The molecule has 6 nitrogen and oxygen atoms in total. The SMILES string of the molecule is COc1cccc(N(N)C(C(=O)N2CCCC2C)C(C)C)c1N. The predicted molar refractivity (Wildman–Crippen MR) is 93.1 cm³/mol. The highest BCUT2D eigenvalue weighted by atomic mass is 16.5. The third kappa shape index (κ3) is 3.37. The summed E-state index contributed by atoms with van der Waals surface area (Å²) in [6.07, 6.45) is 2.09. The Bertz CT molecular complexity index is 562. The summed E-state index contributed by atoms with van der Waals surface area (Å²) in [5.74, 6) is 7.01. The number of rotatable bonds is 5. The largest absolute Gasteiger partial charge is 0.495 e. The van der Waals surface area contributed by atoms with Gasteiger partial charge in [-0.15, -0.1) is 0 Å². The van der Waals surface area contributed by atoms with Crippen molar-refractivity contribution in [2.24, 2.45) is 11.8 Å². The Morgan fingerprint density at radius 3 is 2.65 bits per heavy atom. The number of nitrogen functional groups attached to an aromatic ring is 1. The van der Waals surface area contributed by atoms with Gasteiger partial charge in [0.25, 0.3) is 0 Å². The summed E-state index contributed by atoms with van der Waals surface area (Å²) in [5, 5.41) is 1.50. The van der Waals surface area contributed by atoms with Crippen molar-refractivity contribution in [2.75, 3.05) is 24.4 Å². The lowest BCUT2D eigenvalue weighted by Gasteiger charge is -2.36. The molecule has 23 heavy (non-hydrogen) atoms. The number of carbonyl (C=O) groups excluding carboxylic acids is 1. The molecule has 1 aromatic rings. The molecule has 1 aliphatic rings. The molecule has 0 spiro atoms. The van der Waals surface area contributed by atoms with Crippen molar-refractivity contribution in [3.05, 3.63) is 18.2 Å². The number of para-hydroxylation sites is 1. The molecule has 0 bridgehead atoms. The lowest BCUT2D eigenvalue weighted by molar-refractivity contribution is -0.134. The van der Waals surface area contributed by atoms with Crippen molar-refractivity contribution in [2.45, 2.75) is 45.7 Å². The smallest absolute Gasteiger partial charge is 0.247 e. The number of nitrogens with zero attached hydrogens (tertiary/aromatic N) is 2. The average molecular weight is 320 g/mol. The van der Waals surface area contributed by atoms with E-state index in [2.05, 4.69) is 6.92 Å². The van der Waals surface area contributed by atoms with Crippen LogP contribution in [-0.4, -0.2) is 36.5 Å². The Hall–Kier alpha value is -1.95. The van der Waals surface area contributed by atoms with Crippen LogP contribution in [0.25, 0.3) is 0 Å². The van der Waals surface area contributed by atoms with E-state index in [9.17, 15) is 4.79 Å². The number of benzene rings is 1. The van der Waals surface area contributed by atoms with E-state index in [4.69, 9.17) is 16.3 Å². The summed E-state index contributed by atoms with van der Waals surface area (Å²) in [4.78, 5) is 14.9. The summed E-state index contributed by atoms with van der Waals surface area (Å²) >= 11 is 0. The number of hydrogen-bond donors (Lipinski definition) is 2. The molecule has 0 radical (unpaired) electrons. The van der Waals surface area contributed by atoms with Gasteiger partial charge in [-0.2, -0.15) is 0 Å². The van der Waals surface area contributed by atoms with Gasteiger partial charge in [0.15, 0.2) is 0 Å². The highest BCUT2D eigenvalue weighted by Gasteiger charge is 2.36. The molecule has 0 aliphatic carbocycles. The third-order valence-electron chi connectivity index (χ3n) is 4.56. The van der Waals surface area contributed by atoms with Crippen molar-refractivity contribution in [1.82, 2.24) is 4.90 Å². The van der Waals surface area contributed by atoms with E-state index in [1.165, 1.54) is 5.01 Å². The van der Waals surface area contributed by atoms with Crippen LogP contribution in [0.4, 0.5) is 11.4 Å². The second-order valence-electron chi connectivity index (χ2n) is 6.51. The molecule has 6 heteroatoms. The maximum absolute atomic E-state index is 13.0. The molecule has 2 unspecified atom stereocenters. The summed E-state index contributed by atoms with van der Waals surface area (Å²) in [7, 11) is 1.56. The first-order valence-corrected chi connectivity index (χ1v) is 8.15. The van der Waals surface area contributed by atoms with E-state index in [1.807, 2.05) is 30.9 Å². The molecular weight excluding hydrogens is 292 g/mol. The van der Waals surface area contributed by atoms with Gasteiger partial charge in [0, 0.05) is 12.6 Å². The van der Waals surface area contributed by atoms with Gasteiger partial charge in [-0.05, 0) is 37.8 Å². The van der Waals surface area contributed by atoms with Crippen molar-refractivity contribution in [3.8, 4) is 5.75 Å². The Labute approximate surface area is 138 Å². The van der Waals surface area contributed by atoms with Gasteiger partial charge in [0.1, 0.15) is 11.8 Å². The van der Waals surface area contributed by atoms with Crippen molar-refractivity contribution < 1.29 is 9.53 Å². The number of methoxy groups -OCH3 is 1. The van der Waals surface area contributed by atoms with Gasteiger partial charge in [-0.1, -0.05) is 19.9 Å².